The molecule has 6 heavy (non-hydrogen) atoms. The van der Waals surface area contributed by atoms with Crippen LogP contribution in [0.5, 0.6) is 0 Å². The number of hydrogen-bond donors (Lipinski definition) is 0. The fourth-order valence-corrected chi connectivity index (χ4v) is 0. The zero-order chi connectivity index (χ0) is 4.50. The van der Waals surface area contributed by atoms with Gasteiger partial charge in [0.2, 0.25) is 0 Å². The SMILES string of the molecule is F[B-](F)(F)F.[H+].[Tb]. The smallest absolute Gasteiger partial charge is 0.418 e. The fourth-order valence-electron chi connectivity index (χ4n) is 0. The van der Waals surface area contributed by atoms with Crippen molar-refractivity contribution in [3.8, 4) is 0 Å². The Bertz CT molecular complexity index is 27.2. The first kappa shape index (κ1) is 10.1. The third kappa shape index (κ3) is 73.3. The first-order chi connectivity index (χ1) is 2.00. The van der Waals surface area contributed by atoms with Crippen molar-refractivity contribution in [2.45, 2.75) is 0 Å². The van der Waals surface area contributed by atoms with Crippen molar-refractivity contribution >= 4 is 7.25 Å². The molecule has 0 saturated carbocycles. The summed E-state index contributed by atoms with van der Waals surface area (Å²) in [7, 11) is -6.00. The molecule has 0 fully saturated rings. The molecule has 0 aliphatic heterocycles. The van der Waals surface area contributed by atoms with Gasteiger partial charge in [0.1, 0.15) is 0 Å². The van der Waals surface area contributed by atoms with Gasteiger partial charge in [0.05, 0.1) is 0 Å². The van der Waals surface area contributed by atoms with Crippen LogP contribution in [0.4, 0.5) is 17.3 Å². The van der Waals surface area contributed by atoms with Crippen LogP contribution in [0.2, 0.25) is 0 Å². The molecule has 0 heterocycles. The van der Waals surface area contributed by atoms with Gasteiger partial charge in [-0.3, -0.25) is 0 Å². The topological polar surface area (TPSA) is 0 Å². The molecule has 41 valence electrons. The van der Waals surface area contributed by atoms with Crippen molar-refractivity contribution in [3.63, 3.8) is 0 Å². The van der Waals surface area contributed by atoms with Crippen LogP contribution < -0.4 is 0 Å². The van der Waals surface area contributed by atoms with E-state index >= 15 is 0 Å². The van der Waals surface area contributed by atoms with Gasteiger partial charge in [-0.1, -0.05) is 0 Å². The minimum atomic E-state index is -6.00. The first-order valence-corrected chi connectivity index (χ1v) is 0.873. The molecule has 0 saturated heterocycles. The van der Waals surface area contributed by atoms with E-state index in [0.717, 1.165) is 0 Å². The maximum absolute atomic E-state index is 9.75. The summed E-state index contributed by atoms with van der Waals surface area (Å²) in [6, 6.07) is 0. The zero-order valence-corrected chi connectivity index (χ0v) is 4.56. The van der Waals surface area contributed by atoms with Gasteiger partial charge in [-0.15, -0.1) is 0 Å². The molecule has 0 bridgehead atoms. The average molecular weight is 247 g/mol. The first-order valence-electron chi connectivity index (χ1n) is 0.873. The Balaban J connectivity index is -0.0000000800. The quantitative estimate of drug-likeness (QED) is 0.448. The standard InChI is InChI=1S/BF4.Tb/c2-1(3,4)5;/q-1;/p+1. The summed E-state index contributed by atoms with van der Waals surface area (Å²) in [5.41, 5.74) is 0. The largest absolute Gasteiger partial charge is 1.00 e. The second-order valence-corrected chi connectivity index (χ2v) is 0.495. The summed E-state index contributed by atoms with van der Waals surface area (Å²) < 4.78 is 39.0. The minimum Gasteiger partial charge on any atom is -0.418 e. The monoisotopic (exact) mass is 247 g/mol. The summed E-state index contributed by atoms with van der Waals surface area (Å²) in [5.74, 6) is 0. The van der Waals surface area contributed by atoms with E-state index in [0.29, 0.717) is 0 Å². The van der Waals surface area contributed by atoms with Crippen molar-refractivity contribution in [1.29, 1.82) is 0 Å². The zero-order valence-electron chi connectivity index (χ0n) is 3.42. The van der Waals surface area contributed by atoms with Crippen molar-refractivity contribution in [1.82, 2.24) is 0 Å². The van der Waals surface area contributed by atoms with Gasteiger partial charge in [-0.2, -0.15) is 0 Å². The van der Waals surface area contributed by atoms with E-state index in [1.165, 1.54) is 0 Å². The van der Waals surface area contributed by atoms with Crippen LogP contribution >= 0.6 is 0 Å². The predicted molar refractivity (Wildman–Crippen MR) is 11.3 cm³/mol. The van der Waals surface area contributed by atoms with Crippen molar-refractivity contribution in [2.75, 3.05) is 0 Å². The molecule has 1 radical (unpaired) electrons. The van der Waals surface area contributed by atoms with Crippen LogP contribution in [-0.2, 0) is 0 Å². The molecular weight excluding hydrogens is 246 g/mol. The third-order valence-corrected chi connectivity index (χ3v) is 0. The van der Waals surface area contributed by atoms with Crippen molar-refractivity contribution in [2.24, 2.45) is 0 Å². The van der Waals surface area contributed by atoms with Gasteiger partial charge in [0.15, 0.2) is 0 Å². The molecule has 0 rings (SSSR count). The van der Waals surface area contributed by atoms with Crippen molar-refractivity contribution < 1.29 is 57.3 Å². The Morgan fingerprint density at radius 1 is 1.00 bits per heavy atom. The fraction of sp³-hybridized carbons (Fsp3) is 0. The van der Waals surface area contributed by atoms with E-state index in [4.69, 9.17) is 0 Å². The van der Waals surface area contributed by atoms with Crippen LogP contribution in [0.1, 0.15) is 1.43 Å². The van der Waals surface area contributed by atoms with Gasteiger partial charge in [-0.05, 0) is 0 Å². The van der Waals surface area contributed by atoms with E-state index < -0.39 is 7.25 Å². The Morgan fingerprint density at radius 3 is 1.00 bits per heavy atom. The molecule has 0 atom stereocenters. The Morgan fingerprint density at radius 2 is 1.00 bits per heavy atom. The van der Waals surface area contributed by atoms with E-state index in [2.05, 4.69) is 0 Å². The Labute approximate surface area is 64.3 Å². The Hall–Kier alpha value is 1.07. The summed E-state index contributed by atoms with van der Waals surface area (Å²) in [6.07, 6.45) is 0. The second-order valence-electron chi connectivity index (χ2n) is 0.495. The average Bonchev–Trinajstić information content (AvgIpc) is 0.722. The predicted octanol–water partition coefficient (Wildman–Crippen LogP) is 1.41. The molecule has 0 unspecified atom stereocenters. The van der Waals surface area contributed by atoms with E-state index in [9.17, 15) is 17.3 Å². The van der Waals surface area contributed by atoms with Gasteiger partial charge in [-0.25, -0.2) is 0 Å². The summed E-state index contributed by atoms with van der Waals surface area (Å²) in [6.45, 7) is 0. The molecule has 0 aliphatic carbocycles. The van der Waals surface area contributed by atoms with E-state index in [-0.39, 0.29) is 40.0 Å². The second kappa shape index (κ2) is 3.12. The normalized spacial score (nSPS) is 10.0. The maximum Gasteiger partial charge on any atom is 1.00 e. The molecule has 0 nitrogen and oxygen atoms in total. The van der Waals surface area contributed by atoms with Crippen LogP contribution in [-0.4, -0.2) is 7.25 Å². The van der Waals surface area contributed by atoms with Crippen LogP contribution in [0.3, 0.4) is 0 Å². The molecule has 0 aromatic rings. The maximum atomic E-state index is 9.75. The number of halogens is 4. The Kier molecular flexibility index (Phi) is 5.27. The van der Waals surface area contributed by atoms with Crippen LogP contribution in [0.15, 0.2) is 0 Å². The van der Waals surface area contributed by atoms with Gasteiger partial charge >= 0.3 is 8.68 Å². The molecule has 0 aliphatic rings. The van der Waals surface area contributed by atoms with Gasteiger partial charge < -0.3 is 17.3 Å². The number of rotatable bonds is 0. The molecule has 0 aromatic carbocycles. The molecular formula is HBF4Tb. The van der Waals surface area contributed by atoms with E-state index in [1.54, 1.807) is 0 Å². The summed E-state index contributed by atoms with van der Waals surface area (Å²) >= 11 is 0. The number of hydrogen-bond acceptors (Lipinski definition) is 0. The van der Waals surface area contributed by atoms with Crippen LogP contribution in [0.25, 0.3) is 0 Å². The van der Waals surface area contributed by atoms with E-state index in [1.807, 2.05) is 0 Å². The minimum absolute atomic E-state index is 0. The molecule has 0 amide bonds. The molecule has 0 aromatic heterocycles. The van der Waals surface area contributed by atoms with Crippen LogP contribution in [0, 0.1) is 38.6 Å². The molecule has 6 heteroatoms. The molecule has 0 spiro atoms. The van der Waals surface area contributed by atoms with Crippen molar-refractivity contribution in [3.05, 3.63) is 0 Å². The summed E-state index contributed by atoms with van der Waals surface area (Å²) in [5, 5.41) is 0. The summed E-state index contributed by atoms with van der Waals surface area (Å²) in [4.78, 5) is 0. The van der Waals surface area contributed by atoms with Gasteiger partial charge in [0.25, 0.3) is 0 Å². The third-order valence-electron chi connectivity index (χ3n) is 0. The molecule has 0 N–H and O–H groups in total. The van der Waals surface area contributed by atoms with Gasteiger partial charge in [0, 0.05) is 38.6 Å².